The molecule has 4 amide bonds. The van der Waals surface area contributed by atoms with Crippen LogP contribution in [-0.4, -0.2) is 81.2 Å². The van der Waals surface area contributed by atoms with E-state index in [1.54, 1.807) is 13.8 Å². The SMILES string of the molecule is CC(C)C(NC(=O)C(CCC(N)=O)NC(=O)C(CC(=O)O)NC(=O)C(N)C(C)O)C(=O)O. The van der Waals surface area contributed by atoms with Gasteiger partial charge in [-0.25, -0.2) is 4.79 Å². The number of aliphatic hydroxyl groups excluding tert-OH is 1. The third-order valence-electron chi connectivity index (χ3n) is 4.38. The molecule has 0 fully saturated rings. The maximum atomic E-state index is 12.6. The van der Waals surface area contributed by atoms with E-state index >= 15 is 0 Å². The quantitative estimate of drug-likeness (QED) is 0.127. The van der Waals surface area contributed by atoms with E-state index in [4.69, 9.17) is 16.6 Å². The molecule has 0 bridgehead atoms. The highest BCUT2D eigenvalue weighted by atomic mass is 16.4. The Kier molecular flexibility index (Phi) is 11.9. The van der Waals surface area contributed by atoms with Crippen LogP contribution in [0, 0.1) is 5.92 Å². The molecule has 0 heterocycles. The Bertz CT molecular complexity index is 726. The van der Waals surface area contributed by atoms with Crippen molar-refractivity contribution in [3.8, 4) is 0 Å². The molecule has 0 radical (unpaired) electrons. The number of carbonyl (C=O) groups is 6. The molecule has 0 aromatic rings. The van der Waals surface area contributed by atoms with Crippen molar-refractivity contribution >= 4 is 35.6 Å². The summed E-state index contributed by atoms with van der Waals surface area (Å²) in [5.74, 6) is -7.14. The summed E-state index contributed by atoms with van der Waals surface area (Å²) in [5.41, 5.74) is 10.5. The standard InChI is InChI=1S/C18H31N5O9/c1-7(2)14(18(31)32)23-15(28)9(4-5-11(19)25)21-16(29)10(6-12(26)27)22-17(30)13(20)8(3)24/h7-10,13-14,24H,4-6,20H2,1-3H3,(H2,19,25)(H,21,29)(H,22,30)(H,23,28)(H,26,27)(H,31,32). The fraction of sp³-hybridized carbons (Fsp3) is 0.667. The van der Waals surface area contributed by atoms with E-state index in [1.165, 1.54) is 6.92 Å². The van der Waals surface area contributed by atoms with E-state index in [1.807, 2.05) is 0 Å². The minimum Gasteiger partial charge on any atom is -0.481 e. The summed E-state index contributed by atoms with van der Waals surface area (Å²) in [4.78, 5) is 70.8. The van der Waals surface area contributed by atoms with Crippen LogP contribution in [0.4, 0.5) is 0 Å². The molecule has 32 heavy (non-hydrogen) atoms. The number of hydrogen-bond acceptors (Lipinski definition) is 8. The fourth-order valence-corrected chi connectivity index (χ4v) is 2.47. The van der Waals surface area contributed by atoms with Gasteiger partial charge in [-0.3, -0.25) is 24.0 Å². The largest absolute Gasteiger partial charge is 0.481 e. The number of rotatable bonds is 14. The Hall–Kier alpha value is -3.26. The van der Waals surface area contributed by atoms with E-state index in [2.05, 4.69) is 16.0 Å². The maximum absolute atomic E-state index is 12.6. The van der Waals surface area contributed by atoms with Gasteiger partial charge in [0.2, 0.25) is 23.6 Å². The van der Waals surface area contributed by atoms with Crippen LogP contribution in [-0.2, 0) is 28.8 Å². The Morgan fingerprint density at radius 1 is 0.844 bits per heavy atom. The lowest BCUT2D eigenvalue weighted by Gasteiger charge is -2.25. The number of nitrogens with two attached hydrogens (primary N) is 2. The van der Waals surface area contributed by atoms with Crippen LogP contribution in [0.3, 0.4) is 0 Å². The van der Waals surface area contributed by atoms with E-state index in [0.717, 1.165) is 0 Å². The summed E-state index contributed by atoms with van der Waals surface area (Å²) in [6, 6.07) is -5.87. The number of aliphatic carboxylic acids is 2. The average molecular weight is 461 g/mol. The number of amides is 4. The number of primary amides is 1. The molecule has 182 valence electrons. The smallest absolute Gasteiger partial charge is 0.326 e. The summed E-state index contributed by atoms with van der Waals surface area (Å²) in [5, 5.41) is 34.2. The molecule has 14 nitrogen and oxygen atoms in total. The van der Waals surface area contributed by atoms with Gasteiger partial charge in [0.15, 0.2) is 0 Å². The van der Waals surface area contributed by atoms with Crippen molar-refractivity contribution < 1.29 is 44.1 Å². The second-order valence-electron chi connectivity index (χ2n) is 7.56. The van der Waals surface area contributed by atoms with Crippen LogP contribution in [0.15, 0.2) is 0 Å². The van der Waals surface area contributed by atoms with Gasteiger partial charge < -0.3 is 42.7 Å². The number of aliphatic hydroxyl groups is 1. The molecule has 0 aliphatic rings. The summed E-state index contributed by atoms with van der Waals surface area (Å²) in [6.07, 6.45) is -2.82. The first-order valence-corrected chi connectivity index (χ1v) is 9.75. The van der Waals surface area contributed by atoms with Crippen molar-refractivity contribution in [3.63, 3.8) is 0 Å². The maximum Gasteiger partial charge on any atom is 0.326 e. The number of hydrogen-bond donors (Lipinski definition) is 8. The first-order chi connectivity index (χ1) is 14.7. The Balaban J connectivity index is 5.60. The third-order valence-corrected chi connectivity index (χ3v) is 4.38. The van der Waals surface area contributed by atoms with Gasteiger partial charge in [0, 0.05) is 6.42 Å². The molecule has 5 atom stereocenters. The lowest BCUT2D eigenvalue weighted by Crippen LogP contribution is -2.58. The monoisotopic (exact) mass is 461 g/mol. The van der Waals surface area contributed by atoms with Crippen LogP contribution in [0.2, 0.25) is 0 Å². The highest BCUT2D eigenvalue weighted by molar-refractivity contribution is 5.96. The minimum absolute atomic E-state index is 0.307. The highest BCUT2D eigenvalue weighted by Gasteiger charge is 2.32. The number of carboxylic acids is 2. The van der Waals surface area contributed by atoms with Crippen molar-refractivity contribution in [1.82, 2.24) is 16.0 Å². The molecule has 0 spiro atoms. The van der Waals surface area contributed by atoms with Crippen molar-refractivity contribution in [2.45, 2.75) is 70.3 Å². The normalized spacial score (nSPS) is 15.6. The predicted octanol–water partition coefficient (Wildman–Crippen LogP) is -3.37. The minimum atomic E-state index is -1.67. The molecule has 0 saturated heterocycles. The average Bonchev–Trinajstić information content (AvgIpc) is 2.66. The number of carbonyl (C=O) groups excluding carboxylic acids is 4. The van der Waals surface area contributed by atoms with Crippen molar-refractivity contribution in [2.75, 3.05) is 0 Å². The van der Waals surface area contributed by atoms with Crippen molar-refractivity contribution in [1.29, 1.82) is 0 Å². The molecule has 10 N–H and O–H groups in total. The van der Waals surface area contributed by atoms with Crippen LogP contribution >= 0.6 is 0 Å². The lowest BCUT2D eigenvalue weighted by atomic mass is 10.0. The van der Waals surface area contributed by atoms with E-state index in [9.17, 15) is 39.0 Å². The fourth-order valence-electron chi connectivity index (χ4n) is 2.47. The second-order valence-corrected chi connectivity index (χ2v) is 7.56. The van der Waals surface area contributed by atoms with Crippen LogP contribution in [0.5, 0.6) is 0 Å². The van der Waals surface area contributed by atoms with Crippen LogP contribution in [0.25, 0.3) is 0 Å². The summed E-state index contributed by atoms with van der Waals surface area (Å²) in [7, 11) is 0. The second kappa shape index (κ2) is 13.2. The van der Waals surface area contributed by atoms with Crippen molar-refractivity contribution in [2.24, 2.45) is 17.4 Å². The zero-order chi connectivity index (χ0) is 25.2. The first-order valence-electron chi connectivity index (χ1n) is 9.75. The molecular formula is C18H31N5O9. The molecule has 0 aromatic heterocycles. The van der Waals surface area contributed by atoms with Crippen molar-refractivity contribution in [3.05, 3.63) is 0 Å². The van der Waals surface area contributed by atoms with Gasteiger partial charge in [-0.05, 0) is 19.3 Å². The topological polar surface area (TPSA) is 251 Å². The van der Waals surface area contributed by atoms with Crippen LogP contribution < -0.4 is 27.4 Å². The van der Waals surface area contributed by atoms with Gasteiger partial charge in [0.05, 0.1) is 12.5 Å². The molecule has 0 aliphatic heterocycles. The van der Waals surface area contributed by atoms with Crippen LogP contribution in [0.1, 0.15) is 40.0 Å². The molecule has 0 rings (SSSR count). The molecule has 14 heteroatoms. The molecule has 0 saturated carbocycles. The first kappa shape index (κ1) is 28.7. The predicted molar refractivity (Wildman–Crippen MR) is 109 cm³/mol. The lowest BCUT2D eigenvalue weighted by molar-refractivity contribution is -0.144. The van der Waals surface area contributed by atoms with Gasteiger partial charge in [-0.2, -0.15) is 0 Å². The summed E-state index contributed by atoms with van der Waals surface area (Å²) >= 11 is 0. The molecular weight excluding hydrogens is 430 g/mol. The molecule has 5 unspecified atom stereocenters. The van der Waals surface area contributed by atoms with Gasteiger partial charge in [-0.15, -0.1) is 0 Å². The third kappa shape index (κ3) is 10.2. The molecule has 0 aromatic carbocycles. The zero-order valence-electron chi connectivity index (χ0n) is 18.0. The van der Waals surface area contributed by atoms with Gasteiger partial charge in [0.1, 0.15) is 24.2 Å². The Labute approximate surface area is 184 Å². The zero-order valence-corrected chi connectivity index (χ0v) is 18.0. The molecule has 0 aliphatic carbocycles. The summed E-state index contributed by atoms with van der Waals surface area (Å²) < 4.78 is 0. The highest BCUT2D eigenvalue weighted by Crippen LogP contribution is 2.06. The number of nitrogens with one attached hydrogen (secondary N) is 3. The Morgan fingerprint density at radius 3 is 1.75 bits per heavy atom. The number of carboxylic acid groups (broad SMARTS) is 2. The Morgan fingerprint density at radius 2 is 1.34 bits per heavy atom. The van der Waals surface area contributed by atoms with Gasteiger partial charge in [0.25, 0.3) is 0 Å². The summed E-state index contributed by atoms with van der Waals surface area (Å²) in [6.45, 7) is 4.30. The van der Waals surface area contributed by atoms with E-state index < -0.39 is 78.2 Å². The van der Waals surface area contributed by atoms with Gasteiger partial charge in [-0.1, -0.05) is 13.8 Å². The van der Waals surface area contributed by atoms with Gasteiger partial charge >= 0.3 is 11.9 Å². The van der Waals surface area contributed by atoms with E-state index in [-0.39, 0.29) is 12.8 Å². The van der Waals surface area contributed by atoms with E-state index in [0.29, 0.717) is 0 Å².